The fraction of sp³-hybridized carbons (Fsp3) is 0.600. The first kappa shape index (κ1) is 18.8. The van der Waals surface area contributed by atoms with Crippen LogP contribution in [0.3, 0.4) is 0 Å². The van der Waals surface area contributed by atoms with Crippen LogP contribution < -0.4 is 10.0 Å². The van der Waals surface area contributed by atoms with Crippen molar-refractivity contribution in [2.24, 2.45) is 7.05 Å². The number of carbonyl (C=O) groups excluding carboxylic acids is 1. The predicted molar refractivity (Wildman–Crippen MR) is 77.2 cm³/mol. The van der Waals surface area contributed by atoms with E-state index in [4.69, 9.17) is 0 Å². The number of hydrogen-bond acceptors (Lipinski definition) is 5. The number of carbonyl (C=O) groups is 1. The van der Waals surface area contributed by atoms with E-state index in [1.165, 1.54) is 22.0 Å². The maximum Gasteiger partial charge on any atom is 0.244 e. The van der Waals surface area contributed by atoms with Gasteiger partial charge in [0.2, 0.25) is 15.9 Å². The summed E-state index contributed by atoms with van der Waals surface area (Å²) in [7, 11) is 1.34. The maximum atomic E-state index is 11.8. The van der Waals surface area contributed by atoms with Crippen LogP contribution in [0.2, 0.25) is 0 Å². The third kappa shape index (κ3) is 5.45. The number of rotatable bonds is 7. The van der Waals surface area contributed by atoms with E-state index >= 15 is 0 Å². The molecule has 0 saturated carbocycles. The molecule has 10 heteroatoms. The Morgan fingerprint density at radius 3 is 2.65 bits per heavy atom. The smallest absolute Gasteiger partial charge is 0.244 e. The first-order chi connectivity index (χ1) is 8.86. The SMILES string of the molecule is CNCCN(C)C(=O)CNS(=O)(=O)c1cnn(C)c1.Cl. The first-order valence-electron chi connectivity index (χ1n) is 5.73. The second-order valence-corrected chi connectivity index (χ2v) is 5.86. The summed E-state index contributed by atoms with van der Waals surface area (Å²) in [6.45, 7) is 0.902. The molecular weight excluding hydrogens is 306 g/mol. The second-order valence-electron chi connectivity index (χ2n) is 4.09. The first-order valence-corrected chi connectivity index (χ1v) is 7.22. The van der Waals surface area contributed by atoms with Crippen LogP contribution in [0, 0.1) is 0 Å². The molecule has 1 amide bonds. The highest BCUT2D eigenvalue weighted by atomic mass is 35.5. The van der Waals surface area contributed by atoms with Gasteiger partial charge in [0.15, 0.2) is 0 Å². The molecule has 1 rings (SSSR count). The quantitative estimate of drug-likeness (QED) is 0.656. The summed E-state index contributed by atoms with van der Waals surface area (Å²) in [6.07, 6.45) is 2.61. The zero-order valence-electron chi connectivity index (χ0n) is 11.7. The van der Waals surface area contributed by atoms with Gasteiger partial charge in [-0.05, 0) is 7.05 Å². The molecule has 1 heterocycles. The number of halogens is 1. The van der Waals surface area contributed by atoms with Crippen molar-refractivity contribution in [3.63, 3.8) is 0 Å². The number of sulfonamides is 1. The van der Waals surface area contributed by atoms with Gasteiger partial charge in [0.25, 0.3) is 0 Å². The molecule has 0 spiro atoms. The third-order valence-electron chi connectivity index (χ3n) is 2.53. The maximum absolute atomic E-state index is 11.8. The number of nitrogens with one attached hydrogen (secondary N) is 2. The molecule has 0 fully saturated rings. The van der Waals surface area contributed by atoms with E-state index in [0.717, 1.165) is 0 Å². The number of likely N-dealkylation sites (N-methyl/N-ethyl adjacent to an activating group) is 2. The summed E-state index contributed by atoms with van der Waals surface area (Å²) in [5, 5.41) is 6.69. The normalized spacial score (nSPS) is 10.9. The van der Waals surface area contributed by atoms with Crippen molar-refractivity contribution < 1.29 is 13.2 Å². The van der Waals surface area contributed by atoms with E-state index in [1.807, 2.05) is 0 Å². The van der Waals surface area contributed by atoms with Crippen LogP contribution in [-0.4, -0.2) is 62.7 Å². The van der Waals surface area contributed by atoms with Crippen LogP contribution in [0.25, 0.3) is 0 Å². The van der Waals surface area contributed by atoms with Crippen LogP contribution >= 0.6 is 12.4 Å². The van der Waals surface area contributed by atoms with Crippen LogP contribution in [-0.2, 0) is 21.9 Å². The lowest BCUT2D eigenvalue weighted by molar-refractivity contribution is -0.128. The Kier molecular flexibility index (Phi) is 7.72. The molecule has 0 radical (unpaired) electrons. The third-order valence-corrected chi connectivity index (χ3v) is 3.88. The van der Waals surface area contributed by atoms with Crippen LogP contribution in [0.15, 0.2) is 17.3 Å². The summed E-state index contributed by atoms with van der Waals surface area (Å²) < 4.78 is 27.3. The molecular formula is C10H20ClN5O3S. The number of aryl methyl sites for hydroxylation is 1. The van der Waals surface area contributed by atoms with Gasteiger partial charge in [0.1, 0.15) is 4.90 Å². The molecule has 20 heavy (non-hydrogen) atoms. The number of nitrogens with zero attached hydrogens (tertiary/aromatic N) is 3. The summed E-state index contributed by atoms with van der Waals surface area (Å²) >= 11 is 0. The van der Waals surface area contributed by atoms with Gasteiger partial charge in [0, 0.05) is 33.4 Å². The van der Waals surface area contributed by atoms with Gasteiger partial charge < -0.3 is 10.2 Å². The van der Waals surface area contributed by atoms with E-state index < -0.39 is 10.0 Å². The van der Waals surface area contributed by atoms with E-state index in [-0.39, 0.29) is 29.8 Å². The fourth-order valence-corrected chi connectivity index (χ4v) is 2.27. The molecule has 0 atom stereocenters. The van der Waals surface area contributed by atoms with Crippen molar-refractivity contribution >= 4 is 28.3 Å². The summed E-state index contributed by atoms with van der Waals surface area (Å²) in [5.74, 6) is -0.289. The molecule has 0 aliphatic heterocycles. The summed E-state index contributed by atoms with van der Waals surface area (Å²) in [6, 6.07) is 0. The molecule has 0 saturated heterocycles. The van der Waals surface area contributed by atoms with Crippen LogP contribution in [0.5, 0.6) is 0 Å². The molecule has 1 aromatic rings. The lowest BCUT2D eigenvalue weighted by atomic mass is 10.5. The number of aromatic nitrogens is 2. The van der Waals surface area contributed by atoms with Crippen molar-refractivity contribution in [2.45, 2.75) is 4.90 Å². The topological polar surface area (TPSA) is 96.3 Å². The van der Waals surface area contributed by atoms with Gasteiger partial charge in [-0.3, -0.25) is 9.48 Å². The molecule has 0 unspecified atom stereocenters. The van der Waals surface area contributed by atoms with Crippen molar-refractivity contribution in [3.05, 3.63) is 12.4 Å². The van der Waals surface area contributed by atoms with Crippen molar-refractivity contribution in [2.75, 3.05) is 33.7 Å². The van der Waals surface area contributed by atoms with Crippen LogP contribution in [0.4, 0.5) is 0 Å². The van der Waals surface area contributed by atoms with Gasteiger partial charge in [-0.15, -0.1) is 12.4 Å². The lowest BCUT2D eigenvalue weighted by Gasteiger charge is -2.16. The molecule has 2 N–H and O–H groups in total. The van der Waals surface area contributed by atoms with E-state index in [2.05, 4.69) is 15.1 Å². The average molecular weight is 326 g/mol. The Balaban J connectivity index is 0.00000361. The standard InChI is InChI=1S/C10H19N5O3S.ClH/c1-11-4-5-14(2)10(16)7-13-19(17,18)9-6-12-15(3)8-9;/h6,8,11,13H,4-5,7H2,1-3H3;1H. The largest absolute Gasteiger partial charge is 0.343 e. The molecule has 0 bridgehead atoms. The Morgan fingerprint density at radius 2 is 2.15 bits per heavy atom. The summed E-state index contributed by atoms with van der Waals surface area (Å²) in [5.41, 5.74) is 0. The zero-order chi connectivity index (χ0) is 14.5. The Bertz CT molecular complexity index is 531. The molecule has 1 aromatic heterocycles. The Hall–Kier alpha value is -1.16. The number of hydrogen-bond donors (Lipinski definition) is 2. The van der Waals surface area contributed by atoms with E-state index in [9.17, 15) is 13.2 Å². The fourth-order valence-electron chi connectivity index (χ4n) is 1.32. The van der Waals surface area contributed by atoms with Crippen molar-refractivity contribution in [1.29, 1.82) is 0 Å². The molecule has 0 aliphatic carbocycles. The minimum atomic E-state index is -3.68. The highest BCUT2D eigenvalue weighted by Gasteiger charge is 2.18. The zero-order valence-corrected chi connectivity index (χ0v) is 13.3. The van der Waals surface area contributed by atoms with Gasteiger partial charge in [-0.2, -0.15) is 5.10 Å². The van der Waals surface area contributed by atoms with Gasteiger partial charge >= 0.3 is 0 Å². The van der Waals surface area contributed by atoms with E-state index in [1.54, 1.807) is 21.1 Å². The second kappa shape index (κ2) is 8.20. The molecule has 8 nitrogen and oxygen atoms in total. The minimum absolute atomic E-state index is 0. The summed E-state index contributed by atoms with van der Waals surface area (Å²) in [4.78, 5) is 13.2. The van der Waals surface area contributed by atoms with Gasteiger partial charge in [0.05, 0.1) is 12.7 Å². The highest BCUT2D eigenvalue weighted by Crippen LogP contribution is 2.05. The Morgan fingerprint density at radius 1 is 1.50 bits per heavy atom. The molecule has 0 aromatic carbocycles. The predicted octanol–water partition coefficient (Wildman–Crippen LogP) is -1.20. The molecule has 0 aliphatic rings. The number of amides is 1. The van der Waals surface area contributed by atoms with Gasteiger partial charge in [-0.25, -0.2) is 13.1 Å². The Labute approximate surface area is 125 Å². The lowest BCUT2D eigenvalue weighted by Crippen LogP contribution is -2.40. The van der Waals surface area contributed by atoms with Crippen LogP contribution in [0.1, 0.15) is 0 Å². The van der Waals surface area contributed by atoms with Crippen molar-refractivity contribution in [1.82, 2.24) is 24.7 Å². The average Bonchev–Trinajstić information content (AvgIpc) is 2.80. The highest BCUT2D eigenvalue weighted by molar-refractivity contribution is 7.89. The minimum Gasteiger partial charge on any atom is -0.343 e. The molecule has 116 valence electrons. The van der Waals surface area contributed by atoms with Crippen molar-refractivity contribution in [3.8, 4) is 0 Å². The monoisotopic (exact) mass is 325 g/mol. The van der Waals surface area contributed by atoms with E-state index in [0.29, 0.717) is 13.1 Å². The van der Waals surface area contributed by atoms with Gasteiger partial charge in [-0.1, -0.05) is 0 Å².